The predicted octanol–water partition coefficient (Wildman–Crippen LogP) is 4.04. The lowest BCUT2D eigenvalue weighted by Crippen LogP contribution is -2.52. The highest BCUT2D eigenvalue weighted by Crippen LogP contribution is 2.64. The van der Waals surface area contributed by atoms with Crippen LogP contribution in [0.4, 0.5) is 5.69 Å². The summed E-state index contributed by atoms with van der Waals surface area (Å²) in [6.07, 6.45) is 4.27. The lowest BCUT2D eigenvalue weighted by molar-refractivity contribution is -0.241. The smallest absolute Gasteiger partial charge is 0.170 e. The number of para-hydroxylation sites is 2. The SMILES string of the molecule is CN(c1ccccc1O)[C@H]1CC(O)(O)[C@@]2(C)CC[C@@H]3c4ccccc4CC[C@H]3[C@H]12. The Morgan fingerprint density at radius 3 is 2.52 bits per heavy atom. The molecule has 4 heteroatoms. The van der Waals surface area contributed by atoms with Crippen LogP contribution < -0.4 is 4.90 Å². The van der Waals surface area contributed by atoms with Crippen molar-refractivity contribution < 1.29 is 15.3 Å². The molecule has 0 heterocycles. The molecule has 0 bridgehead atoms. The number of rotatable bonds is 2. The van der Waals surface area contributed by atoms with E-state index >= 15 is 0 Å². The third kappa shape index (κ3) is 2.65. The van der Waals surface area contributed by atoms with E-state index < -0.39 is 11.2 Å². The monoisotopic (exact) mass is 393 g/mol. The van der Waals surface area contributed by atoms with Crippen LogP contribution >= 0.6 is 0 Å². The highest BCUT2D eigenvalue weighted by atomic mass is 16.5. The topological polar surface area (TPSA) is 63.9 Å². The van der Waals surface area contributed by atoms with Gasteiger partial charge < -0.3 is 20.2 Å². The van der Waals surface area contributed by atoms with E-state index in [0.717, 1.165) is 31.4 Å². The molecule has 3 N–H and O–H groups in total. The lowest BCUT2D eigenvalue weighted by Gasteiger charge is -2.53. The van der Waals surface area contributed by atoms with Crippen LogP contribution in [0.5, 0.6) is 5.75 Å². The number of hydrogen-bond donors (Lipinski definition) is 3. The summed E-state index contributed by atoms with van der Waals surface area (Å²) in [6.45, 7) is 2.08. The summed E-state index contributed by atoms with van der Waals surface area (Å²) in [7, 11) is 1.99. The zero-order valence-electron chi connectivity index (χ0n) is 17.3. The standard InChI is InChI=1S/C25H31NO3/c1-24-14-13-18-17-8-4-3-7-16(17)11-12-19(18)23(24)21(15-25(24,28)29)26(2)20-9-5-6-10-22(20)27/h3-10,18-19,21,23,27-29H,11-15H2,1-2H3/t18-,19-,21+,23-,24+/m1/s1. The van der Waals surface area contributed by atoms with Crippen molar-refractivity contribution in [3.05, 3.63) is 59.7 Å². The Labute approximate surface area is 172 Å². The zero-order valence-corrected chi connectivity index (χ0v) is 17.3. The van der Waals surface area contributed by atoms with Gasteiger partial charge in [-0.2, -0.15) is 0 Å². The zero-order chi connectivity index (χ0) is 20.4. The first kappa shape index (κ1) is 19.0. The molecule has 2 fully saturated rings. The molecule has 0 unspecified atom stereocenters. The number of aryl methyl sites for hydroxylation is 1. The molecule has 154 valence electrons. The summed E-state index contributed by atoms with van der Waals surface area (Å²) in [6, 6.07) is 16.1. The van der Waals surface area contributed by atoms with Crippen molar-refractivity contribution in [2.24, 2.45) is 17.3 Å². The molecule has 0 spiro atoms. The molecule has 2 saturated carbocycles. The number of phenols is 1. The number of phenolic OH excluding ortho intramolecular Hbond substituents is 1. The fraction of sp³-hybridized carbons (Fsp3) is 0.520. The quantitative estimate of drug-likeness (QED) is 0.674. The van der Waals surface area contributed by atoms with Crippen molar-refractivity contribution in [2.75, 3.05) is 11.9 Å². The van der Waals surface area contributed by atoms with Gasteiger partial charge in [0.1, 0.15) is 5.75 Å². The average molecular weight is 394 g/mol. The van der Waals surface area contributed by atoms with Crippen molar-refractivity contribution >= 4 is 5.69 Å². The van der Waals surface area contributed by atoms with Gasteiger partial charge in [0.25, 0.3) is 0 Å². The van der Waals surface area contributed by atoms with Gasteiger partial charge in [0.15, 0.2) is 5.79 Å². The summed E-state index contributed by atoms with van der Waals surface area (Å²) in [5.74, 6) is -0.390. The first-order valence-electron chi connectivity index (χ1n) is 10.9. The number of benzene rings is 2. The highest BCUT2D eigenvalue weighted by molar-refractivity contribution is 5.58. The van der Waals surface area contributed by atoms with Crippen LogP contribution in [0.25, 0.3) is 0 Å². The maximum Gasteiger partial charge on any atom is 0.170 e. The molecule has 0 aromatic heterocycles. The molecule has 2 aromatic carbocycles. The fourth-order valence-corrected chi connectivity index (χ4v) is 6.92. The minimum atomic E-state index is -1.69. The summed E-state index contributed by atoms with van der Waals surface area (Å²) in [5, 5.41) is 32.7. The molecule has 0 aliphatic heterocycles. The first-order chi connectivity index (χ1) is 13.8. The number of aliphatic hydroxyl groups is 2. The van der Waals surface area contributed by atoms with E-state index in [2.05, 4.69) is 36.1 Å². The van der Waals surface area contributed by atoms with E-state index in [1.807, 2.05) is 25.2 Å². The van der Waals surface area contributed by atoms with Gasteiger partial charge in [-0.15, -0.1) is 0 Å². The summed E-state index contributed by atoms with van der Waals surface area (Å²) in [4.78, 5) is 2.09. The molecule has 3 aliphatic rings. The molecular weight excluding hydrogens is 362 g/mol. The van der Waals surface area contributed by atoms with Gasteiger partial charge in [0.05, 0.1) is 5.69 Å². The molecule has 3 aliphatic carbocycles. The molecule has 0 radical (unpaired) electrons. The van der Waals surface area contributed by atoms with Gasteiger partial charge in [0.2, 0.25) is 0 Å². The third-order valence-corrected chi connectivity index (χ3v) is 8.47. The van der Waals surface area contributed by atoms with Crippen molar-refractivity contribution in [3.63, 3.8) is 0 Å². The average Bonchev–Trinajstić information content (AvgIpc) is 2.93. The molecular formula is C25H31NO3. The van der Waals surface area contributed by atoms with Crippen LogP contribution in [-0.4, -0.2) is 34.2 Å². The van der Waals surface area contributed by atoms with Gasteiger partial charge in [0, 0.05) is 24.9 Å². The number of nitrogens with zero attached hydrogens (tertiary/aromatic N) is 1. The summed E-state index contributed by atoms with van der Waals surface area (Å²) < 4.78 is 0. The van der Waals surface area contributed by atoms with Crippen LogP contribution in [0, 0.1) is 17.3 Å². The van der Waals surface area contributed by atoms with Crippen molar-refractivity contribution in [3.8, 4) is 5.75 Å². The maximum absolute atomic E-state index is 11.1. The summed E-state index contributed by atoms with van der Waals surface area (Å²) in [5.41, 5.74) is 3.14. The van der Waals surface area contributed by atoms with E-state index in [1.54, 1.807) is 6.07 Å². The van der Waals surface area contributed by atoms with Crippen LogP contribution in [0.3, 0.4) is 0 Å². The van der Waals surface area contributed by atoms with E-state index in [-0.39, 0.29) is 17.7 Å². The van der Waals surface area contributed by atoms with Crippen molar-refractivity contribution in [1.29, 1.82) is 0 Å². The van der Waals surface area contributed by atoms with E-state index in [4.69, 9.17) is 0 Å². The lowest BCUT2D eigenvalue weighted by atomic mass is 9.54. The number of anilines is 1. The number of hydrogen-bond acceptors (Lipinski definition) is 4. The third-order valence-electron chi connectivity index (χ3n) is 8.47. The highest BCUT2D eigenvalue weighted by Gasteiger charge is 2.66. The van der Waals surface area contributed by atoms with Crippen molar-refractivity contribution in [2.45, 2.75) is 56.8 Å². The van der Waals surface area contributed by atoms with Crippen molar-refractivity contribution in [1.82, 2.24) is 0 Å². The number of fused-ring (bicyclic) bond motifs is 5. The second kappa shape index (κ2) is 6.48. The molecule has 29 heavy (non-hydrogen) atoms. The minimum absolute atomic E-state index is 0.0265. The van der Waals surface area contributed by atoms with Crippen LogP contribution in [0.2, 0.25) is 0 Å². The van der Waals surface area contributed by atoms with Gasteiger partial charge in [-0.05, 0) is 66.7 Å². The molecule has 2 aromatic rings. The molecule has 0 amide bonds. The minimum Gasteiger partial charge on any atom is -0.506 e. The second-order valence-electron chi connectivity index (χ2n) is 9.68. The Balaban J connectivity index is 1.57. The summed E-state index contributed by atoms with van der Waals surface area (Å²) >= 11 is 0. The van der Waals surface area contributed by atoms with E-state index in [1.165, 1.54) is 11.1 Å². The van der Waals surface area contributed by atoms with Crippen LogP contribution in [0.15, 0.2) is 48.5 Å². The largest absolute Gasteiger partial charge is 0.506 e. The van der Waals surface area contributed by atoms with Crippen LogP contribution in [-0.2, 0) is 6.42 Å². The molecule has 5 rings (SSSR count). The van der Waals surface area contributed by atoms with Gasteiger partial charge in [-0.1, -0.05) is 43.3 Å². The second-order valence-corrected chi connectivity index (χ2v) is 9.68. The Kier molecular flexibility index (Phi) is 4.24. The fourth-order valence-electron chi connectivity index (χ4n) is 6.92. The Morgan fingerprint density at radius 1 is 1.00 bits per heavy atom. The molecule has 0 saturated heterocycles. The first-order valence-corrected chi connectivity index (χ1v) is 10.9. The normalized spacial score (nSPS) is 34.8. The Hall–Kier alpha value is -2.04. The number of aromatic hydroxyl groups is 1. The van der Waals surface area contributed by atoms with Gasteiger partial charge in [-0.3, -0.25) is 0 Å². The van der Waals surface area contributed by atoms with E-state index in [9.17, 15) is 15.3 Å². The van der Waals surface area contributed by atoms with Crippen LogP contribution in [0.1, 0.15) is 49.7 Å². The van der Waals surface area contributed by atoms with E-state index in [0.29, 0.717) is 18.3 Å². The molecule has 5 atom stereocenters. The molecule has 4 nitrogen and oxygen atoms in total. The van der Waals surface area contributed by atoms with Gasteiger partial charge in [-0.25, -0.2) is 0 Å². The Bertz CT molecular complexity index is 926. The Morgan fingerprint density at radius 2 is 1.72 bits per heavy atom. The van der Waals surface area contributed by atoms with Gasteiger partial charge >= 0.3 is 0 Å². The predicted molar refractivity (Wildman–Crippen MR) is 114 cm³/mol. The maximum atomic E-state index is 11.1.